The summed E-state index contributed by atoms with van der Waals surface area (Å²) in [5.74, 6) is 0.212. The molecule has 2 N–H and O–H groups in total. The molecule has 0 spiro atoms. The third-order valence-corrected chi connectivity index (χ3v) is 4.86. The summed E-state index contributed by atoms with van der Waals surface area (Å²) in [7, 11) is 0. The standard InChI is InChI=1S/C16H31N3O.ClH/c1-4-10-19-11-6-13(7-12-19)18-15(20)14-16(2,3)8-5-9-17-14;/h13-14,17H,4-12H2,1-3H3,(H,18,20);1H. The van der Waals surface area contributed by atoms with E-state index in [9.17, 15) is 4.79 Å². The fourth-order valence-corrected chi connectivity index (χ4v) is 3.56. The number of rotatable bonds is 4. The Kier molecular flexibility index (Phi) is 7.45. The van der Waals surface area contributed by atoms with Crippen molar-refractivity contribution in [2.45, 2.75) is 65.0 Å². The summed E-state index contributed by atoms with van der Waals surface area (Å²) in [6, 6.07) is 0.347. The molecule has 2 saturated heterocycles. The van der Waals surface area contributed by atoms with Crippen molar-refractivity contribution in [3.8, 4) is 0 Å². The van der Waals surface area contributed by atoms with Crippen LogP contribution in [0, 0.1) is 5.41 Å². The molecule has 2 fully saturated rings. The lowest BCUT2D eigenvalue weighted by Crippen LogP contribution is -2.58. The van der Waals surface area contributed by atoms with Crippen LogP contribution in [0.1, 0.15) is 52.9 Å². The first kappa shape index (κ1) is 18.7. The Labute approximate surface area is 135 Å². The van der Waals surface area contributed by atoms with Crippen molar-refractivity contribution in [1.29, 1.82) is 0 Å². The topological polar surface area (TPSA) is 44.4 Å². The van der Waals surface area contributed by atoms with Crippen LogP contribution in [0.2, 0.25) is 0 Å². The Morgan fingerprint density at radius 2 is 2.00 bits per heavy atom. The molecule has 1 amide bonds. The van der Waals surface area contributed by atoms with Crippen LogP contribution < -0.4 is 10.6 Å². The first-order chi connectivity index (χ1) is 9.53. The van der Waals surface area contributed by atoms with Gasteiger partial charge < -0.3 is 15.5 Å². The Morgan fingerprint density at radius 3 is 2.57 bits per heavy atom. The summed E-state index contributed by atoms with van der Waals surface area (Å²) in [5, 5.41) is 6.68. The Morgan fingerprint density at radius 1 is 1.33 bits per heavy atom. The lowest BCUT2D eigenvalue weighted by Gasteiger charge is -2.40. The van der Waals surface area contributed by atoms with E-state index in [-0.39, 0.29) is 29.8 Å². The molecule has 0 aliphatic carbocycles. The van der Waals surface area contributed by atoms with Crippen LogP contribution in [0.3, 0.4) is 0 Å². The van der Waals surface area contributed by atoms with Gasteiger partial charge in [-0.3, -0.25) is 4.79 Å². The fraction of sp³-hybridized carbons (Fsp3) is 0.938. The number of halogens is 1. The largest absolute Gasteiger partial charge is 0.352 e. The van der Waals surface area contributed by atoms with Crippen LogP contribution >= 0.6 is 12.4 Å². The van der Waals surface area contributed by atoms with E-state index in [1.807, 2.05) is 0 Å². The number of piperidine rings is 2. The normalized spacial score (nSPS) is 26.9. The summed E-state index contributed by atoms with van der Waals surface area (Å²) in [5.41, 5.74) is 0.0746. The number of hydrogen-bond acceptors (Lipinski definition) is 3. The summed E-state index contributed by atoms with van der Waals surface area (Å²) >= 11 is 0. The average Bonchev–Trinajstić information content (AvgIpc) is 2.40. The summed E-state index contributed by atoms with van der Waals surface area (Å²) in [6.45, 7) is 11.0. The molecule has 2 aliphatic heterocycles. The Balaban J connectivity index is 0.00000220. The predicted octanol–water partition coefficient (Wildman–Crippen LogP) is 2.18. The molecular weight excluding hydrogens is 286 g/mol. The molecule has 2 heterocycles. The number of carbonyl (C=O) groups is 1. The molecule has 0 radical (unpaired) electrons. The van der Waals surface area contributed by atoms with E-state index < -0.39 is 0 Å². The summed E-state index contributed by atoms with van der Waals surface area (Å²) in [4.78, 5) is 15.0. The maximum absolute atomic E-state index is 12.5. The van der Waals surface area contributed by atoms with Crippen molar-refractivity contribution >= 4 is 18.3 Å². The van der Waals surface area contributed by atoms with Crippen molar-refractivity contribution in [2.24, 2.45) is 5.41 Å². The van der Waals surface area contributed by atoms with Gasteiger partial charge in [0.05, 0.1) is 6.04 Å². The Bertz CT molecular complexity index is 327. The predicted molar refractivity (Wildman–Crippen MR) is 89.9 cm³/mol. The summed E-state index contributed by atoms with van der Waals surface area (Å²) < 4.78 is 0. The van der Waals surface area contributed by atoms with Gasteiger partial charge in [0.15, 0.2) is 0 Å². The molecule has 2 aliphatic rings. The number of hydrogen-bond donors (Lipinski definition) is 2. The van der Waals surface area contributed by atoms with E-state index in [1.165, 1.54) is 19.4 Å². The highest BCUT2D eigenvalue weighted by atomic mass is 35.5. The van der Waals surface area contributed by atoms with Gasteiger partial charge >= 0.3 is 0 Å². The molecular formula is C16H32ClN3O. The number of likely N-dealkylation sites (tertiary alicyclic amines) is 1. The average molecular weight is 318 g/mol. The molecule has 21 heavy (non-hydrogen) atoms. The van der Waals surface area contributed by atoms with Gasteiger partial charge in [-0.05, 0) is 50.6 Å². The molecule has 1 unspecified atom stereocenters. The monoisotopic (exact) mass is 317 g/mol. The lowest BCUT2D eigenvalue weighted by molar-refractivity contribution is -0.127. The van der Waals surface area contributed by atoms with Crippen molar-refractivity contribution in [3.63, 3.8) is 0 Å². The SMILES string of the molecule is CCCN1CCC(NC(=O)C2NCCCC2(C)C)CC1.Cl. The maximum atomic E-state index is 12.5. The Hall–Kier alpha value is -0.320. The molecule has 5 heteroatoms. The van der Waals surface area contributed by atoms with Crippen LogP contribution in [0.4, 0.5) is 0 Å². The minimum absolute atomic E-state index is 0. The number of amides is 1. The van der Waals surface area contributed by atoms with Gasteiger partial charge in [0.2, 0.25) is 5.91 Å². The van der Waals surface area contributed by atoms with E-state index in [0.717, 1.165) is 38.9 Å². The van der Waals surface area contributed by atoms with E-state index >= 15 is 0 Å². The highest BCUT2D eigenvalue weighted by molar-refractivity contribution is 5.85. The summed E-state index contributed by atoms with van der Waals surface area (Å²) in [6.07, 6.45) is 5.72. The van der Waals surface area contributed by atoms with Gasteiger partial charge in [-0.1, -0.05) is 20.8 Å². The molecule has 0 aromatic rings. The zero-order valence-electron chi connectivity index (χ0n) is 13.8. The second-order valence-electron chi connectivity index (χ2n) is 7.10. The molecule has 1 atom stereocenters. The molecule has 0 aromatic heterocycles. The van der Waals surface area contributed by atoms with Gasteiger partial charge in [-0.2, -0.15) is 0 Å². The zero-order valence-corrected chi connectivity index (χ0v) is 14.6. The number of carbonyl (C=O) groups excluding carboxylic acids is 1. The molecule has 2 rings (SSSR count). The van der Waals surface area contributed by atoms with Crippen LogP contribution in [-0.4, -0.2) is 49.1 Å². The minimum Gasteiger partial charge on any atom is -0.352 e. The molecule has 4 nitrogen and oxygen atoms in total. The fourth-order valence-electron chi connectivity index (χ4n) is 3.56. The van der Waals surface area contributed by atoms with E-state index in [1.54, 1.807) is 0 Å². The van der Waals surface area contributed by atoms with Crippen molar-refractivity contribution in [3.05, 3.63) is 0 Å². The highest BCUT2D eigenvalue weighted by Gasteiger charge is 2.37. The van der Waals surface area contributed by atoms with Gasteiger partial charge in [0.1, 0.15) is 0 Å². The molecule has 124 valence electrons. The van der Waals surface area contributed by atoms with Crippen molar-refractivity contribution in [1.82, 2.24) is 15.5 Å². The lowest BCUT2D eigenvalue weighted by atomic mass is 9.77. The number of nitrogens with one attached hydrogen (secondary N) is 2. The first-order valence-electron chi connectivity index (χ1n) is 8.29. The smallest absolute Gasteiger partial charge is 0.237 e. The quantitative estimate of drug-likeness (QED) is 0.835. The molecule has 0 bridgehead atoms. The molecule has 0 saturated carbocycles. The van der Waals surface area contributed by atoms with Crippen LogP contribution in [-0.2, 0) is 4.79 Å². The van der Waals surface area contributed by atoms with Crippen LogP contribution in [0.25, 0.3) is 0 Å². The van der Waals surface area contributed by atoms with Gasteiger partial charge in [-0.25, -0.2) is 0 Å². The second kappa shape index (κ2) is 8.35. The van der Waals surface area contributed by atoms with Crippen molar-refractivity contribution < 1.29 is 4.79 Å². The highest BCUT2D eigenvalue weighted by Crippen LogP contribution is 2.30. The second-order valence-corrected chi connectivity index (χ2v) is 7.10. The van der Waals surface area contributed by atoms with E-state index in [2.05, 4.69) is 36.3 Å². The van der Waals surface area contributed by atoms with Gasteiger partial charge in [0.25, 0.3) is 0 Å². The molecule has 0 aromatic carbocycles. The number of nitrogens with zero attached hydrogens (tertiary/aromatic N) is 1. The van der Waals surface area contributed by atoms with Gasteiger partial charge in [-0.15, -0.1) is 12.4 Å². The first-order valence-corrected chi connectivity index (χ1v) is 8.29. The van der Waals surface area contributed by atoms with Crippen LogP contribution in [0.5, 0.6) is 0 Å². The minimum atomic E-state index is -0.0232. The van der Waals surface area contributed by atoms with Crippen LogP contribution in [0.15, 0.2) is 0 Å². The van der Waals surface area contributed by atoms with E-state index in [4.69, 9.17) is 0 Å². The van der Waals surface area contributed by atoms with E-state index in [0.29, 0.717) is 6.04 Å². The van der Waals surface area contributed by atoms with Gasteiger partial charge in [0, 0.05) is 19.1 Å². The zero-order chi connectivity index (χ0) is 14.6. The third kappa shape index (κ3) is 5.11. The third-order valence-electron chi connectivity index (χ3n) is 4.86. The maximum Gasteiger partial charge on any atom is 0.237 e. The van der Waals surface area contributed by atoms with Crippen molar-refractivity contribution in [2.75, 3.05) is 26.2 Å².